The summed E-state index contributed by atoms with van der Waals surface area (Å²) in [5, 5.41) is 0.823. The number of rotatable bonds is 5. The van der Waals surface area contributed by atoms with E-state index in [9.17, 15) is 14.4 Å². The summed E-state index contributed by atoms with van der Waals surface area (Å²) in [6.07, 6.45) is 0.948. The summed E-state index contributed by atoms with van der Waals surface area (Å²) in [6, 6.07) is 7.86. The molecule has 0 saturated carbocycles. The summed E-state index contributed by atoms with van der Waals surface area (Å²) >= 11 is 0. The molecule has 0 fully saturated rings. The second-order valence-corrected chi connectivity index (χ2v) is 4.55. The van der Waals surface area contributed by atoms with Gasteiger partial charge in [-0.1, -0.05) is 37.4 Å². The predicted octanol–water partition coefficient (Wildman–Crippen LogP) is 3.17. The molecule has 0 aliphatic carbocycles. The number of esters is 2. The third-order valence-corrected chi connectivity index (χ3v) is 3.03. The van der Waals surface area contributed by atoms with E-state index >= 15 is 0 Å². The van der Waals surface area contributed by atoms with Crippen LogP contribution in [0.15, 0.2) is 55.6 Å². The molecule has 2 aromatic rings. The summed E-state index contributed by atoms with van der Waals surface area (Å²) in [7, 11) is 1.16. The smallest absolute Gasteiger partial charge is 0.437 e. The first-order valence-electron chi connectivity index (χ1n) is 7.00. The highest BCUT2D eigenvalue weighted by atomic mass is 16.7. The Morgan fingerprint density at radius 2 is 1.48 bits per heavy atom. The van der Waals surface area contributed by atoms with E-state index in [1.807, 2.05) is 0 Å². The first-order valence-corrected chi connectivity index (χ1v) is 7.00. The van der Waals surface area contributed by atoms with E-state index in [-0.39, 0.29) is 17.2 Å². The summed E-state index contributed by atoms with van der Waals surface area (Å²) in [4.78, 5) is 34.7. The zero-order valence-corrected chi connectivity index (χ0v) is 13.3. The van der Waals surface area contributed by atoms with Gasteiger partial charge >= 0.3 is 18.1 Å². The highest BCUT2D eigenvalue weighted by molar-refractivity contribution is 5.99. The average molecular weight is 342 g/mol. The monoisotopic (exact) mass is 342 g/mol. The molecular formula is C18H14O7. The van der Waals surface area contributed by atoms with Crippen molar-refractivity contribution < 1.29 is 33.3 Å². The van der Waals surface area contributed by atoms with Crippen LogP contribution in [0.2, 0.25) is 0 Å². The molecule has 0 aliphatic heterocycles. The molecule has 0 aromatic heterocycles. The second kappa shape index (κ2) is 7.78. The van der Waals surface area contributed by atoms with E-state index < -0.39 is 18.1 Å². The van der Waals surface area contributed by atoms with E-state index in [0.717, 1.165) is 19.3 Å². The van der Waals surface area contributed by atoms with Crippen LogP contribution in [0.1, 0.15) is 0 Å². The molecule has 0 saturated heterocycles. The summed E-state index contributed by atoms with van der Waals surface area (Å²) in [6.45, 7) is 6.63. The number of fused-ring (bicyclic) bond motifs is 1. The molecule has 2 aromatic carbocycles. The molecule has 7 nitrogen and oxygen atoms in total. The van der Waals surface area contributed by atoms with Crippen molar-refractivity contribution in [1.29, 1.82) is 0 Å². The van der Waals surface area contributed by atoms with Crippen LogP contribution in [0.5, 0.6) is 17.2 Å². The maximum absolute atomic E-state index is 11.6. The minimum atomic E-state index is -0.956. The van der Waals surface area contributed by atoms with Gasteiger partial charge in [-0.3, -0.25) is 0 Å². The molecule has 0 amide bonds. The van der Waals surface area contributed by atoms with Gasteiger partial charge < -0.3 is 18.9 Å². The van der Waals surface area contributed by atoms with Crippen molar-refractivity contribution in [3.05, 3.63) is 55.6 Å². The number of hydrogen-bond donors (Lipinski definition) is 0. The third-order valence-electron chi connectivity index (χ3n) is 3.03. The number of carbonyl (C=O) groups is 3. The zero-order chi connectivity index (χ0) is 18.4. The van der Waals surface area contributed by atoms with Gasteiger partial charge in [0, 0.05) is 29.0 Å². The van der Waals surface area contributed by atoms with Crippen LogP contribution in [-0.2, 0) is 14.3 Å². The first kappa shape index (κ1) is 17.7. The van der Waals surface area contributed by atoms with Gasteiger partial charge in [0.2, 0.25) is 0 Å². The number of benzene rings is 2. The van der Waals surface area contributed by atoms with Gasteiger partial charge in [-0.2, -0.15) is 0 Å². The van der Waals surface area contributed by atoms with Crippen molar-refractivity contribution in [2.24, 2.45) is 0 Å². The standard InChI is InChI=1S/C18H14O7/c1-4-15(19)23-14-10-13(24-18(21)22-3)11-8-6-7-9-12(11)17(14)25-16(20)5-2/h4-10H,1-2H2,3H3. The van der Waals surface area contributed by atoms with Crippen LogP contribution in [0.4, 0.5) is 4.79 Å². The molecule has 0 atom stereocenters. The zero-order valence-electron chi connectivity index (χ0n) is 13.3. The van der Waals surface area contributed by atoms with Crippen molar-refractivity contribution in [3.8, 4) is 17.2 Å². The van der Waals surface area contributed by atoms with Crippen LogP contribution in [-0.4, -0.2) is 25.2 Å². The van der Waals surface area contributed by atoms with E-state index in [1.165, 1.54) is 6.07 Å². The predicted molar refractivity (Wildman–Crippen MR) is 88.6 cm³/mol. The highest BCUT2D eigenvalue weighted by Gasteiger charge is 2.20. The van der Waals surface area contributed by atoms with Gasteiger partial charge in [-0.05, 0) is 0 Å². The maximum atomic E-state index is 11.6. The number of ether oxygens (including phenoxy) is 4. The van der Waals surface area contributed by atoms with E-state index in [2.05, 4.69) is 17.9 Å². The van der Waals surface area contributed by atoms with Crippen LogP contribution >= 0.6 is 0 Å². The van der Waals surface area contributed by atoms with Crippen molar-refractivity contribution in [3.63, 3.8) is 0 Å². The Morgan fingerprint density at radius 1 is 0.880 bits per heavy atom. The van der Waals surface area contributed by atoms with E-state index in [1.54, 1.807) is 24.3 Å². The number of methoxy groups -OCH3 is 1. The summed E-state index contributed by atoms with van der Waals surface area (Å²) in [5.74, 6) is -1.61. The topological polar surface area (TPSA) is 88.1 Å². The van der Waals surface area contributed by atoms with Gasteiger partial charge in [-0.25, -0.2) is 14.4 Å². The quantitative estimate of drug-likeness (QED) is 0.357. The van der Waals surface area contributed by atoms with Crippen LogP contribution < -0.4 is 14.2 Å². The van der Waals surface area contributed by atoms with E-state index in [4.69, 9.17) is 14.2 Å². The lowest BCUT2D eigenvalue weighted by molar-refractivity contribution is -0.131. The lowest BCUT2D eigenvalue weighted by Crippen LogP contribution is -2.11. The van der Waals surface area contributed by atoms with Crippen LogP contribution in [0, 0.1) is 0 Å². The van der Waals surface area contributed by atoms with Gasteiger partial charge in [-0.15, -0.1) is 0 Å². The molecule has 128 valence electrons. The molecule has 0 unspecified atom stereocenters. The fourth-order valence-corrected chi connectivity index (χ4v) is 1.98. The van der Waals surface area contributed by atoms with Gasteiger partial charge in [0.1, 0.15) is 5.75 Å². The normalized spacial score (nSPS) is 9.80. The molecule has 2 rings (SSSR count). The Labute approximate surface area is 143 Å². The Balaban J connectivity index is 2.70. The Kier molecular flexibility index (Phi) is 5.52. The van der Waals surface area contributed by atoms with Gasteiger partial charge in [0.05, 0.1) is 7.11 Å². The molecule has 7 heteroatoms. The van der Waals surface area contributed by atoms with Gasteiger partial charge in [0.15, 0.2) is 11.5 Å². The minimum Gasteiger partial charge on any atom is -0.437 e. The molecule has 25 heavy (non-hydrogen) atoms. The fourth-order valence-electron chi connectivity index (χ4n) is 1.98. The van der Waals surface area contributed by atoms with Crippen LogP contribution in [0.3, 0.4) is 0 Å². The number of carbonyl (C=O) groups excluding carboxylic acids is 3. The molecule has 0 aliphatic rings. The molecule has 0 bridgehead atoms. The Hall–Kier alpha value is -3.61. The Morgan fingerprint density at radius 3 is 2.08 bits per heavy atom. The lowest BCUT2D eigenvalue weighted by atomic mass is 10.1. The second-order valence-electron chi connectivity index (χ2n) is 4.55. The molecule has 0 heterocycles. The van der Waals surface area contributed by atoms with Gasteiger partial charge in [0.25, 0.3) is 0 Å². The lowest BCUT2D eigenvalue weighted by Gasteiger charge is -2.14. The SMILES string of the molecule is C=CC(=O)Oc1cc(OC(=O)OC)c2ccccc2c1OC(=O)C=C. The molecule has 0 radical (unpaired) electrons. The highest BCUT2D eigenvalue weighted by Crippen LogP contribution is 2.42. The van der Waals surface area contributed by atoms with E-state index in [0.29, 0.717) is 10.8 Å². The summed E-state index contributed by atoms with van der Waals surface area (Å²) < 4.78 is 19.9. The molecular weight excluding hydrogens is 328 g/mol. The third kappa shape index (κ3) is 4.03. The number of hydrogen-bond acceptors (Lipinski definition) is 7. The fraction of sp³-hybridized carbons (Fsp3) is 0.0556. The Bertz CT molecular complexity index is 867. The minimum absolute atomic E-state index is 0.0204. The molecule has 0 spiro atoms. The maximum Gasteiger partial charge on any atom is 0.513 e. The van der Waals surface area contributed by atoms with Crippen molar-refractivity contribution in [1.82, 2.24) is 0 Å². The van der Waals surface area contributed by atoms with Crippen molar-refractivity contribution >= 4 is 28.9 Å². The van der Waals surface area contributed by atoms with Crippen LogP contribution in [0.25, 0.3) is 10.8 Å². The van der Waals surface area contributed by atoms with Crippen molar-refractivity contribution in [2.45, 2.75) is 0 Å². The first-order chi connectivity index (χ1) is 12.0. The average Bonchev–Trinajstić information content (AvgIpc) is 2.63. The summed E-state index contributed by atoms with van der Waals surface area (Å²) in [5.41, 5.74) is 0. The molecule has 0 N–H and O–H groups in total. The largest absolute Gasteiger partial charge is 0.513 e. The van der Waals surface area contributed by atoms with Crippen molar-refractivity contribution in [2.75, 3.05) is 7.11 Å².